The zero-order valence-corrected chi connectivity index (χ0v) is 8.80. The number of ether oxygens (including phenoxy) is 1. The Morgan fingerprint density at radius 1 is 1.56 bits per heavy atom. The predicted octanol–water partition coefficient (Wildman–Crippen LogP) is 1.46. The summed E-state index contributed by atoms with van der Waals surface area (Å²) in [5.41, 5.74) is 1.13. The van der Waals surface area contributed by atoms with E-state index in [1.807, 2.05) is 24.3 Å². The van der Waals surface area contributed by atoms with Crippen LogP contribution < -0.4 is 0 Å². The number of hydrogen-bond acceptors (Lipinski definition) is 3. The van der Waals surface area contributed by atoms with Gasteiger partial charge in [0.2, 0.25) is 0 Å². The molecule has 4 heteroatoms. The van der Waals surface area contributed by atoms with E-state index >= 15 is 0 Å². The second-order valence-corrected chi connectivity index (χ2v) is 3.22. The first kappa shape index (κ1) is 10.2. The smallest absolute Gasteiger partial charge is 0.359 e. The molecule has 4 nitrogen and oxygen atoms in total. The van der Waals surface area contributed by atoms with Crippen molar-refractivity contribution in [3.8, 4) is 12.3 Å². The molecular weight excluding hydrogens is 204 g/mol. The van der Waals surface area contributed by atoms with Crippen molar-refractivity contribution in [1.82, 2.24) is 9.78 Å². The van der Waals surface area contributed by atoms with Gasteiger partial charge in [0.1, 0.15) is 6.54 Å². The number of para-hydroxylation sites is 1. The van der Waals surface area contributed by atoms with Gasteiger partial charge in [-0.05, 0) is 6.07 Å². The van der Waals surface area contributed by atoms with Crippen molar-refractivity contribution in [3.05, 3.63) is 30.0 Å². The van der Waals surface area contributed by atoms with E-state index in [4.69, 9.17) is 6.42 Å². The second kappa shape index (κ2) is 4.07. The molecule has 0 bridgehead atoms. The summed E-state index contributed by atoms with van der Waals surface area (Å²) in [6, 6.07) is 7.41. The Morgan fingerprint density at radius 2 is 2.31 bits per heavy atom. The number of esters is 1. The first-order chi connectivity index (χ1) is 7.77. The van der Waals surface area contributed by atoms with Crippen LogP contribution in [0.4, 0.5) is 0 Å². The van der Waals surface area contributed by atoms with Crippen LogP contribution in [0.5, 0.6) is 0 Å². The Bertz CT molecular complexity index is 578. The van der Waals surface area contributed by atoms with Crippen LogP contribution in [-0.2, 0) is 11.3 Å². The van der Waals surface area contributed by atoms with Crippen molar-refractivity contribution in [2.45, 2.75) is 6.54 Å². The number of aromatic nitrogens is 2. The number of benzene rings is 1. The number of rotatable bonds is 2. The number of hydrogen-bond donors (Lipinski definition) is 0. The molecule has 0 radical (unpaired) electrons. The van der Waals surface area contributed by atoms with Crippen molar-refractivity contribution in [1.29, 1.82) is 0 Å². The first-order valence-electron chi connectivity index (χ1n) is 4.75. The average Bonchev–Trinajstić information content (AvgIpc) is 2.68. The van der Waals surface area contributed by atoms with E-state index in [9.17, 15) is 4.79 Å². The summed E-state index contributed by atoms with van der Waals surface area (Å²) in [7, 11) is 1.33. The molecule has 0 saturated heterocycles. The van der Waals surface area contributed by atoms with Gasteiger partial charge in [0.05, 0.1) is 12.6 Å². The quantitative estimate of drug-likeness (QED) is 0.561. The number of methoxy groups -OCH3 is 1. The van der Waals surface area contributed by atoms with Crippen LogP contribution in [0.3, 0.4) is 0 Å². The highest BCUT2D eigenvalue weighted by molar-refractivity contribution is 6.02. The molecule has 1 heterocycles. The van der Waals surface area contributed by atoms with Crippen molar-refractivity contribution in [3.63, 3.8) is 0 Å². The highest BCUT2D eigenvalue weighted by Crippen LogP contribution is 2.18. The molecule has 0 unspecified atom stereocenters. The van der Waals surface area contributed by atoms with E-state index in [0.717, 1.165) is 10.9 Å². The lowest BCUT2D eigenvalue weighted by Crippen LogP contribution is -2.04. The number of carbonyl (C=O) groups excluding carboxylic acids is 1. The third kappa shape index (κ3) is 1.52. The Hall–Kier alpha value is -2.28. The molecular formula is C12H10N2O2. The molecule has 0 fully saturated rings. The fourth-order valence-electron chi connectivity index (χ4n) is 1.58. The normalized spacial score (nSPS) is 10.0. The summed E-state index contributed by atoms with van der Waals surface area (Å²) in [5, 5.41) is 4.90. The molecule has 0 N–H and O–H groups in total. The Kier molecular flexibility index (Phi) is 2.61. The molecule has 2 aromatic rings. The van der Waals surface area contributed by atoms with Gasteiger partial charge in [0.25, 0.3) is 0 Å². The van der Waals surface area contributed by atoms with Crippen molar-refractivity contribution in [2.24, 2.45) is 0 Å². The molecule has 0 atom stereocenters. The van der Waals surface area contributed by atoms with Gasteiger partial charge in [-0.1, -0.05) is 24.1 Å². The van der Waals surface area contributed by atoms with E-state index < -0.39 is 5.97 Å². The molecule has 0 aliphatic heterocycles. The standard InChI is InChI=1S/C12H10N2O2/c1-3-8-14-10-7-5-4-6-9(10)11(13-14)12(15)16-2/h1,4-7H,8H2,2H3. The largest absolute Gasteiger partial charge is 0.464 e. The van der Waals surface area contributed by atoms with Gasteiger partial charge in [0, 0.05) is 5.39 Å². The van der Waals surface area contributed by atoms with Crippen LogP contribution in [-0.4, -0.2) is 22.9 Å². The van der Waals surface area contributed by atoms with E-state index in [1.165, 1.54) is 7.11 Å². The Balaban J connectivity index is 2.67. The van der Waals surface area contributed by atoms with Gasteiger partial charge in [0.15, 0.2) is 5.69 Å². The molecule has 0 saturated carbocycles. The van der Waals surface area contributed by atoms with Gasteiger partial charge < -0.3 is 4.74 Å². The van der Waals surface area contributed by atoms with Gasteiger partial charge in [-0.3, -0.25) is 4.68 Å². The second-order valence-electron chi connectivity index (χ2n) is 3.22. The van der Waals surface area contributed by atoms with Crippen LogP contribution in [0.25, 0.3) is 10.9 Å². The van der Waals surface area contributed by atoms with E-state index in [-0.39, 0.29) is 0 Å². The molecule has 80 valence electrons. The Morgan fingerprint density at radius 3 is 3.00 bits per heavy atom. The SMILES string of the molecule is C#CCn1nc(C(=O)OC)c2ccccc21. The van der Waals surface area contributed by atoms with E-state index in [1.54, 1.807) is 4.68 Å². The summed E-state index contributed by atoms with van der Waals surface area (Å²) in [6.45, 7) is 0.331. The minimum atomic E-state index is -0.452. The fourth-order valence-corrected chi connectivity index (χ4v) is 1.58. The summed E-state index contributed by atoms with van der Waals surface area (Å²) in [5.74, 6) is 2.04. The lowest BCUT2D eigenvalue weighted by Gasteiger charge is -1.95. The van der Waals surface area contributed by atoms with Crippen LogP contribution in [0.1, 0.15) is 10.5 Å². The summed E-state index contributed by atoms with van der Waals surface area (Å²) in [4.78, 5) is 11.5. The van der Waals surface area contributed by atoms with Crippen LogP contribution in [0.2, 0.25) is 0 Å². The minimum absolute atomic E-state index is 0.299. The molecule has 2 rings (SSSR count). The summed E-state index contributed by atoms with van der Waals surface area (Å²) in [6.07, 6.45) is 5.24. The molecule has 0 aliphatic rings. The molecule has 0 amide bonds. The summed E-state index contributed by atoms with van der Waals surface area (Å²) < 4.78 is 6.28. The maximum absolute atomic E-state index is 11.5. The van der Waals surface area contributed by atoms with Gasteiger partial charge >= 0.3 is 5.97 Å². The van der Waals surface area contributed by atoms with Crippen molar-refractivity contribution in [2.75, 3.05) is 7.11 Å². The predicted molar refractivity (Wildman–Crippen MR) is 59.9 cm³/mol. The highest BCUT2D eigenvalue weighted by Gasteiger charge is 2.16. The Labute approximate surface area is 92.8 Å². The summed E-state index contributed by atoms with van der Waals surface area (Å²) >= 11 is 0. The third-order valence-electron chi connectivity index (χ3n) is 2.28. The van der Waals surface area contributed by atoms with Crippen LogP contribution in [0, 0.1) is 12.3 Å². The number of fused-ring (bicyclic) bond motifs is 1. The van der Waals surface area contributed by atoms with Crippen LogP contribution in [0.15, 0.2) is 24.3 Å². The molecule has 1 aromatic heterocycles. The number of terminal acetylenes is 1. The topological polar surface area (TPSA) is 44.1 Å². The van der Waals surface area contributed by atoms with Gasteiger partial charge in [-0.2, -0.15) is 5.10 Å². The average molecular weight is 214 g/mol. The van der Waals surface area contributed by atoms with Gasteiger partial charge in [-0.15, -0.1) is 6.42 Å². The fraction of sp³-hybridized carbons (Fsp3) is 0.167. The lowest BCUT2D eigenvalue weighted by molar-refractivity contribution is 0.0595. The number of carbonyl (C=O) groups is 1. The maximum Gasteiger partial charge on any atom is 0.359 e. The van der Waals surface area contributed by atoms with E-state index in [0.29, 0.717) is 12.2 Å². The minimum Gasteiger partial charge on any atom is -0.464 e. The van der Waals surface area contributed by atoms with Crippen molar-refractivity contribution >= 4 is 16.9 Å². The molecule has 16 heavy (non-hydrogen) atoms. The lowest BCUT2D eigenvalue weighted by atomic mass is 10.2. The zero-order chi connectivity index (χ0) is 11.5. The highest BCUT2D eigenvalue weighted by atomic mass is 16.5. The molecule has 1 aromatic carbocycles. The van der Waals surface area contributed by atoms with E-state index in [2.05, 4.69) is 15.8 Å². The van der Waals surface area contributed by atoms with Crippen LogP contribution >= 0.6 is 0 Å². The van der Waals surface area contributed by atoms with Gasteiger partial charge in [-0.25, -0.2) is 4.79 Å². The number of nitrogens with zero attached hydrogens (tertiary/aromatic N) is 2. The monoisotopic (exact) mass is 214 g/mol. The maximum atomic E-state index is 11.5. The third-order valence-corrected chi connectivity index (χ3v) is 2.28. The van der Waals surface area contributed by atoms with Crippen molar-refractivity contribution < 1.29 is 9.53 Å². The molecule has 0 spiro atoms. The first-order valence-corrected chi connectivity index (χ1v) is 4.75. The molecule has 0 aliphatic carbocycles. The zero-order valence-electron chi connectivity index (χ0n) is 8.80.